The Hall–Kier alpha value is -1.82. The van der Waals surface area contributed by atoms with Gasteiger partial charge in [-0.2, -0.15) is 0 Å². The van der Waals surface area contributed by atoms with Crippen LogP contribution in [0.1, 0.15) is 19.4 Å². The van der Waals surface area contributed by atoms with Crippen LogP contribution < -0.4 is 5.22 Å². The first kappa shape index (κ1) is 10.1. The summed E-state index contributed by atoms with van der Waals surface area (Å²) >= 11 is 0. The molecule has 0 saturated heterocycles. The first-order chi connectivity index (χ1) is 8.64. The lowest BCUT2D eigenvalue weighted by atomic mass is 9.78. The quantitative estimate of drug-likeness (QED) is 0.548. The fourth-order valence-corrected chi connectivity index (χ4v) is 3.41. The van der Waals surface area contributed by atoms with Gasteiger partial charge >= 0.3 is 0 Å². The largest absolute Gasteiger partial charge is 0.0706 e. The lowest BCUT2D eigenvalue weighted by molar-refractivity contribution is 0.511. The van der Waals surface area contributed by atoms with Crippen molar-refractivity contribution in [1.82, 2.24) is 0 Å². The lowest BCUT2D eigenvalue weighted by Gasteiger charge is -2.26. The molecule has 3 aromatic rings. The standard InChI is InChI=1S/C18H16/c1-18(2)10-14-8-6-12-4-3-5-13-7-9-15(11-18)17(14)16(12)13/h3-10H,11H2,1-2H3. The molecule has 0 N–H and O–H groups in total. The number of hydrogen-bond acceptors (Lipinski definition) is 0. The highest BCUT2D eigenvalue weighted by molar-refractivity contribution is 6.11. The molecule has 0 radical (unpaired) electrons. The molecule has 0 aromatic heterocycles. The van der Waals surface area contributed by atoms with E-state index in [2.05, 4.69) is 62.4 Å². The summed E-state index contributed by atoms with van der Waals surface area (Å²) in [6.45, 7) is 4.64. The SMILES string of the molecule is CC1(C)C=c2ccc3cccc4ccc(c2c43)C1. The van der Waals surface area contributed by atoms with Crippen LogP contribution in [0, 0.1) is 5.41 Å². The normalized spacial score (nSPS) is 17.0. The van der Waals surface area contributed by atoms with E-state index >= 15 is 0 Å². The molecule has 4 rings (SSSR count). The average Bonchev–Trinajstić information content (AvgIpc) is 2.34. The molecule has 0 fully saturated rings. The Morgan fingerprint density at radius 2 is 1.56 bits per heavy atom. The first-order valence-corrected chi connectivity index (χ1v) is 6.60. The molecule has 0 heteroatoms. The molecule has 1 aliphatic rings. The Bertz CT molecular complexity index is 806. The highest BCUT2D eigenvalue weighted by Crippen LogP contribution is 2.34. The van der Waals surface area contributed by atoms with E-state index in [1.807, 2.05) is 0 Å². The molecular formula is C18H16. The predicted molar refractivity (Wildman–Crippen MR) is 78.6 cm³/mol. The minimum atomic E-state index is 0.270. The molecule has 18 heavy (non-hydrogen) atoms. The van der Waals surface area contributed by atoms with Gasteiger partial charge in [0, 0.05) is 0 Å². The fourth-order valence-electron chi connectivity index (χ4n) is 3.41. The van der Waals surface area contributed by atoms with Crippen molar-refractivity contribution in [1.29, 1.82) is 0 Å². The summed E-state index contributed by atoms with van der Waals surface area (Å²) in [5, 5.41) is 7.05. The Morgan fingerprint density at radius 3 is 2.33 bits per heavy atom. The summed E-state index contributed by atoms with van der Waals surface area (Å²) in [6.07, 6.45) is 3.57. The van der Waals surface area contributed by atoms with Crippen LogP contribution in [0.4, 0.5) is 0 Å². The van der Waals surface area contributed by atoms with Gasteiger partial charge in [-0.3, -0.25) is 0 Å². The summed E-state index contributed by atoms with van der Waals surface area (Å²) in [4.78, 5) is 0. The molecule has 0 amide bonds. The van der Waals surface area contributed by atoms with Gasteiger partial charge in [0.2, 0.25) is 0 Å². The van der Waals surface area contributed by atoms with Crippen LogP contribution >= 0.6 is 0 Å². The highest BCUT2D eigenvalue weighted by Gasteiger charge is 2.22. The van der Waals surface area contributed by atoms with Gasteiger partial charge in [-0.1, -0.05) is 62.4 Å². The molecule has 0 atom stereocenters. The van der Waals surface area contributed by atoms with Crippen molar-refractivity contribution >= 4 is 27.6 Å². The van der Waals surface area contributed by atoms with Crippen molar-refractivity contribution in [2.75, 3.05) is 0 Å². The van der Waals surface area contributed by atoms with Gasteiger partial charge in [0.25, 0.3) is 0 Å². The zero-order valence-electron chi connectivity index (χ0n) is 10.8. The van der Waals surface area contributed by atoms with Crippen molar-refractivity contribution in [3.63, 3.8) is 0 Å². The third-order valence-electron chi connectivity index (χ3n) is 4.09. The molecule has 3 aromatic carbocycles. The first-order valence-electron chi connectivity index (χ1n) is 6.60. The van der Waals surface area contributed by atoms with Gasteiger partial charge < -0.3 is 0 Å². The summed E-state index contributed by atoms with van der Waals surface area (Å²) < 4.78 is 0. The molecular weight excluding hydrogens is 216 g/mol. The molecule has 0 saturated carbocycles. The van der Waals surface area contributed by atoms with E-state index in [1.165, 1.54) is 32.3 Å². The maximum Gasteiger partial charge on any atom is -0.00302 e. The van der Waals surface area contributed by atoms with Crippen LogP contribution in [0.2, 0.25) is 0 Å². The Labute approximate surface area is 107 Å². The van der Waals surface area contributed by atoms with Gasteiger partial charge in [-0.05, 0) is 44.2 Å². The molecule has 0 nitrogen and oxygen atoms in total. The molecule has 0 heterocycles. The molecule has 0 unspecified atom stereocenters. The Morgan fingerprint density at radius 1 is 0.833 bits per heavy atom. The third-order valence-corrected chi connectivity index (χ3v) is 4.09. The second-order valence-electron chi connectivity index (χ2n) is 6.14. The van der Waals surface area contributed by atoms with Crippen molar-refractivity contribution in [3.05, 3.63) is 53.2 Å². The van der Waals surface area contributed by atoms with Crippen molar-refractivity contribution in [2.45, 2.75) is 20.3 Å². The smallest absolute Gasteiger partial charge is 0.00302 e. The highest BCUT2D eigenvalue weighted by atomic mass is 14.3. The van der Waals surface area contributed by atoms with E-state index in [1.54, 1.807) is 0 Å². The van der Waals surface area contributed by atoms with E-state index in [0.29, 0.717) is 0 Å². The zero-order chi connectivity index (χ0) is 12.3. The second-order valence-corrected chi connectivity index (χ2v) is 6.14. The van der Waals surface area contributed by atoms with E-state index in [0.717, 1.165) is 6.42 Å². The van der Waals surface area contributed by atoms with E-state index in [4.69, 9.17) is 0 Å². The van der Waals surface area contributed by atoms with Gasteiger partial charge in [-0.15, -0.1) is 0 Å². The van der Waals surface area contributed by atoms with E-state index < -0.39 is 0 Å². The Balaban J connectivity index is 2.34. The molecule has 0 spiro atoms. The Kier molecular flexibility index (Phi) is 1.77. The number of hydrogen-bond donors (Lipinski definition) is 0. The van der Waals surface area contributed by atoms with Crippen LogP contribution in [0.3, 0.4) is 0 Å². The maximum absolute atomic E-state index is 2.43. The molecule has 0 aliphatic heterocycles. The van der Waals surface area contributed by atoms with Crippen LogP contribution in [0.5, 0.6) is 0 Å². The minimum absolute atomic E-state index is 0.270. The number of benzene rings is 3. The van der Waals surface area contributed by atoms with Crippen LogP contribution in [0.15, 0.2) is 42.5 Å². The van der Waals surface area contributed by atoms with Crippen LogP contribution in [-0.4, -0.2) is 0 Å². The predicted octanol–water partition coefficient (Wildman–Crippen LogP) is 4.07. The van der Waals surface area contributed by atoms with Crippen LogP contribution in [0.25, 0.3) is 27.6 Å². The molecule has 1 aliphatic carbocycles. The second kappa shape index (κ2) is 3.14. The van der Waals surface area contributed by atoms with Gasteiger partial charge in [0.1, 0.15) is 0 Å². The van der Waals surface area contributed by atoms with E-state index in [9.17, 15) is 0 Å². The topological polar surface area (TPSA) is 0 Å². The van der Waals surface area contributed by atoms with Crippen LogP contribution in [-0.2, 0) is 6.42 Å². The third kappa shape index (κ3) is 1.26. The summed E-state index contributed by atoms with van der Waals surface area (Å²) in [5.41, 5.74) is 1.77. The molecule has 0 bridgehead atoms. The fraction of sp³-hybridized carbons (Fsp3) is 0.222. The summed E-state index contributed by atoms with van der Waals surface area (Å²) in [7, 11) is 0. The molecule has 88 valence electrons. The zero-order valence-corrected chi connectivity index (χ0v) is 10.8. The van der Waals surface area contributed by atoms with Crippen molar-refractivity contribution in [2.24, 2.45) is 5.41 Å². The maximum atomic E-state index is 2.43. The van der Waals surface area contributed by atoms with Crippen molar-refractivity contribution in [3.8, 4) is 0 Å². The average molecular weight is 232 g/mol. The lowest BCUT2D eigenvalue weighted by Crippen LogP contribution is -2.22. The van der Waals surface area contributed by atoms with E-state index in [-0.39, 0.29) is 5.41 Å². The minimum Gasteiger partial charge on any atom is -0.0706 e. The van der Waals surface area contributed by atoms with Gasteiger partial charge in [-0.25, -0.2) is 0 Å². The van der Waals surface area contributed by atoms with Gasteiger partial charge in [0.05, 0.1) is 0 Å². The number of rotatable bonds is 0. The summed E-state index contributed by atoms with van der Waals surface area (Å²) in [6, 6.07) is 15.7. The monoisotopic (exact) mass is 232 g/mol. The van der Waals surface area contributed by atoms with Crippen molar-refractivity contribution < 1.29 is 0 Å². The summed E-state index contributed by atoms with van der Waals surface area (Å²) in [5.74, 6) is 0. The van der Waals surface area contributed by atoms with Gasteiger partial charge in [0.15, 0.2) is 0 Å².